The summed E-state index contributed by atoms with van der Waals surface area (Å²) in [6.07, 6.45) is 4.69. The molecule has 0 radical (unpaired) electrons. The predicted octanol–water partition coefficient (Wildman–Crippen LogP) is 7.26. The Morgan fingerprint density at radius 3 is 1.84 bits per heavy atom. The van der Waals surface area contributed by atoms with Crippen LogP contribution in [0.25, 0.3) is 0 Å². The Labute approximate surface area is 161 Å². The van der Waals surface area contributed by atoms with E-state index in [4.69, 9.17) is 0 Å². The van der Waals surface area contributed by atoms with Crippen LogP contribution in [0, 0.1) is 0 Å². The summed E-state index contributed by atoms with van der Waals surface area (Å²) >= 11 is 3.47. The lowest BCUT2D eigenvalue weighted by Crippen LogP contribution is -2.11. The van der Waals surface area contributed by atoms with Crippen molar-refractivity contribution < 1.29 is 0 Å². The average molecular weight is 403 g/mol. The summed E-state index contributed by atoms with van der Waals surface area (Å²) in [5.41, 5.74) is 5.32. The maximum atomic E-state index is 4.57. The second kappa shape index (κ2) is 9.96. The highest BCUT2D eigenvalue weighted by molar-refractivity contribution is 9.10. The van der Waals surface area contributed by atoms with E-state index in [1.807, 2.05) is 12.1 Å². The van der Waals surface area contributed by atoms with E-state index in [2.05, 4.69) is 78.2 Å². The molecule has 0 atom stereocenters. The maximum absolute atomic E-state index is 4.57. The Morgan fingerprint density at radius 2 is 1.36 bits per heavy atom. The van der Waals surface area contributed by atoms with E-state index in [0.29, 0.717) is 11.8 Å². The van der Waals surface area contributed by atoms with Gasteiger partial charge in [0.05, 0.1) is 12.2 Å². The van der Waals surface area contributed by atoms with Crippen molar-refractivity contribution in [3.05, 3.63) is 57.8 Å². The molecule has 0 aliphatic heterocycles. The van der Waals surface area contributed by atoms with E-state index in [9.17, 15) is 0 Å². The Kier molecular flexibility index (Phi) is 7.95. The minimum atomic E-state index is 0.604. The van der Waals surface area contributed by atoms with Gasteiger partial charge in [-0.25, -0.2) is 4.98 Å². The second-order valence-corrected chi connectivity index (χ2v) is 7.46. The summed E-state index contributed by atoms with van der Waals surface area (Å²) in [4.78, 5) is 4.57. The highest BCUT2D eigenvalue weighted by Gasteiger charge is 2.19. The van der Waals surface area contributed by atoms with Crippen molar-refractivity contribution in [3.8, 4) is 0 Å². The van der Waals surface area contributed by atoms with Gasteiger partial charge in [-0.2, -0.15) is 0 Å². The van der Waals surface area contributed by atoms with E-state index in [1.54, 1.807) is 0 Å². The highest BCUT2D eigenvalue weighted by Crippen LogP contribution is 2.37. The van der Waals surface area contributed by atoms with Gasteiger partial charge in [0.15, 0.2) is 0 Å². The van der Waals surface area contributed by atoms with Crippen LogP contribution in [0.1, 0.15) is 82.0 Å². The topological polar surface area (TPSA) is 24.9 Å². The number of hydrogen-bond acceptors (Lipinski definition) is 2. The maximum Gasteiger partial charge on any atom is 0.106 e. The van der Waals surface area contributed by atoms with Gasteiger partial charge in [0.2, 0.25) is 0 Å². The summed E-state index contributed by atoms with van der Waals surface area (Å²) in [7, 11) is 0. The van der Waals surface area contributed by atoms with Crippen LogP contribution in [0.5, 0.6) is 0 Å². The molecular formula is C22H31BrN2. The molecule has 136 valence electrons. The van der Waals surface area contributed by atoms with Crippen LogP contribution in [-0.4, -0.2) is 4.98 Å². The zero-order valence-corrected chi connectivity index (χ0v) is 17.6. The largest absolute Gasteiger partial charge is 0.379 e. The second-order valence-electron chi connectivity index (χ2n) is 6.64. The van der Waals surface area contributed by atoms with Crippen molar-refractivity contribution >= 4 is 21.6 Å². The number of anilines is 1. The zero-order valence-electron chi connectivity index (χ0n) is 16.0. The number of rotatable bonds is 9. The monoisotopic (exact) mass is 402 g/mol. The molecule has 0 saturated carbocycles. The quantitative estimate of drug-likeness (QED) is 0.446. The SMILES string of the molecule is CCC(CC)c1cccc(C(CC)CC)c1NCc1cccc(Br)n1. The molecule has 0 aliphatic rings. The number of aromatic nitrogens is 1. The fourth-order valence-corrected chi connectivity index (χ4v) is 4.04. The molecule has 2 nitrogen and oxygen atoms in total. The van der Waals surface area contributed by atoms with Crippen LogP contribution < -0.4 is 5.32 Å². The van der Waals surface area contributed by atoms with Gasteiger partial charge in [-0.15, -0.1) is 0 Å². The van der Waals surface area contributed by atoms with Crippen molar-refractivity contribution in [3.63, 3.8) is 0 Å². The third-order valence-electron chi connectivity index (χ3n) is 5.20. The lowest BCUT2D eigenvalue weighted by molar-refractivity contribution is 0.625. The van der Waals surface area contributed by atoms with Gasteiger partial charge in [-0.3, -0.25) is 0 Å². The molecule has 0 amide bonds. The Bertz CT molecular complexity index is 631. The van der Waals surface area contributed by atoms with Crippen molar-refractivity contribution in [1.82, 2.24) is 4.98 Å². The first-order valence-corrected chi connectivity index (χ1v) is 10.4. The molecule has 25 heavy (non-hydrogen) atoms. The fourth-order valence-electron chi connectivity index (χ4n) is 3.66. The zero-order chi connectivity index (χ0) is 18.2. The fraction of sp³-hybridized carbons (Fsp3) is 0.500. The van der Waals surface area contributed by atoms with Crippen LogP contribution in [0.2, 0.25) is 0 Å². The van der Waals surface area contributed by atoms with Gasteiger partial charge in [0, 0.05) is 5.69 Å². The van der Waals surface area contributed by atoms with Crippen molar-refractivity contribution in [2.24, 2.45) is 0 Å². The third kappa shape index (κ3) is 5.07. The van der Waals surface area contributed by atoms with Crippen molar-refractivity contribution in [2.75, 3.05) is 5.32 Å². The number of nitrogens with one attached hydrogen (secondary N) is 1. The lowest BCUT2D eigenvalue weighted by Gasteiger charge is -2.25. The van der Waals surface area contributed by atoms with Crippen LogP contribution in [0.3, 0.4) is 0 Å². The molecule has 0 saturated heterocycles. The Morgan fingerprint density at radius 1 is 0.840 bits per heavy atom. The normalized spacial score (nSPS) is 11.3. The van der Waals surface area contributed by atoms with Gasteiger partial charge >= 0.3 is 0 Å². The molecule has 0 fully saturated rings. The first kappa shape index (κ1) is 20.0. The lowest BCUT2D eigenvalue weighted by atomic mass is 9.85. The molecule has 1 aromatic heterocycles. The molecule has 1 aromatic carbocycles. The number of hydrogen-bond donors (Lipinski definition) is 1. The van der Waals surface area contributed by atoms with Crippen molar-refractivity contribution in [2.45, 2.75) is 71.8 Å². The molecular weight excluding hydrogens is 372 g/mol. The molecule has 0 spiro atoms. The summed E-state index contributed by atoms with van der Waals surface area (Å²) in [5.74, 6) is 1.21. The molecule has 0 bridgehead atoms. The highest BCUT2D eigenvalue weighted by atomic mass is 79.9. The average Bonchev–Trinajstić information content (AvgIpc) is 2.63. The Balaban J connectivity index is 2.39. The summed E-state index contributed by atoms with van der Waals surface area (Å²) in [5, 5.41) is 3.74. The van der Waals surface area contributed by atoms with Crippen LogP contribution >= 0.6 is 15.9 Å². The number of para-hydroxylation sites is 1. The van der Waals surface area contributed by atoms with Crippen LogP contribution in [0.15, 0.2) is 41.0 Å². The van der Waals surface area contributed by atoms with E-state index < -0.39 is 0 Å². The molecule has 0 unspecified atom stereocenters. The summed E-state index contributed by atoms with van der Waals surface area (Å²) in [6.45, 7) is 9.91. The molecule has 1 heterocycles. The smallest absolute Gasteiger partial charge is 0.106 e. The van der Waals surface area contributed by atoms with Gasteiger partial charge in [-0.05, 0) is 76.7 Å². The molecule has 3 heteroatoms. The van der Waals surface area contributed by atoms with Crippen molar-refractivity contribution in [1.29, 1.82) is 0 Å². The number of halogens is 1. The predicted molar refractivity (Wildman–Crippen MR) is 112 cm³/mol. The minimum absolute atomic E-state index is 0.604. The van der Waals surface area contributed by atoms with E-state index in [1.165, 1.54) is 42.5 Å². The van der Waals surface area contributed by atoms with E-state index >= 15 is 0 Å². The number of pyridine rings is 1. The minimum Gasteiger partial charge on any atom is -0.379 e. The summed E-state index contributed by atoms with van der Waals surface area (Å²) in [6, 6.07) is 12.9. The Hall–Kier alpha value is -1.35. The van der Waals surface area contributed by atoms with E-state index in [0.717, 1.165) is 16.8 Å². The van der Waals surface area contributed by atoms with E-state index in [-0.39, 0.29) is 0 Å². The first-order chi connectivity index (χ1) is 12.1. The van der Waals surface area contributed by atoms with Gasteiger partial charge in [0.1, 0.15) is 4.60 Å². The number of nitrogens with zero attached hydrogens (tertiary/aromatic N) is 1. The van der Waals surface area contributed by atoms with Gasteiger partial charge in [0.25, 0.3) is 0 Å². The summed E-state index contributed by atoms with van der Waals surface area (Å²) < 4.78 is 0.889. The van der Waals surface area contributed by atoms with Gasteiger partial charge in [-0.1, -0.05) is 52.0 Å². The molecule has 1 N–H and O–H groups in total. The van der Waals surface area contributed by atoms with Gasteiger partial charge < -0.3 is 5.32 Å². The molecule has 0 aliphatic carbocycles. The molecule has 2 rings (SSSR count). The van der Waals surface area contributed by atoms with Crippen LogP contribution in [-0.2, 0) is 6.54 Å². The number of benzene rings is 1. The standard InChI is InChI=1S/C22H31BrN2/c1-5-16(6-2)19-12-10-13-20(17(7-3)8-4)22(19)24-15-18-11-9-14-21(23)25-18/h9-14,16-17,24H,5-8,15H2,1-4H3. The third-order valence-corrected chi connectivity index (χ3v) is 5.64. The van der Waals surface area contributed by atoms with Crippen LogP contribution in [0.4, 0.5) is 5.69 Å². The first-order valence-electron chi connectivity index (χ1n) is 9.62. The molecule has 2 aromatic rings.